The van der Waals surface area contributed by atoms with Gasteiger partial charge in [0.05, 0.1) is 11.7 Å². The monoisotopic (exact) mass is 446 g/mol. The van der Waals surface area contributed by atoms with Gasteiger partial charge in [-0.15, -0.1) is 24.8 Å². The molecule has 160 valence electrons. The fourth-order valence-corrected chi connectivity index (χ4v) is 4.84. The summed E-state index contributed by atoms with van der Waals surface area (Å²) < 4.78 is 2.10. The first-order valence-corrected chi connectivity index (χ1v) is 10.3. The topological polar surface area (TPSA) is 49.6 Å². The van der Waals surface area contributed by atoms with E-state index in [-0.39, 0.29) is 42.2 Å². The summed E-state index contributed by atoms with van der Waals surface area (Å²) in [5, 5.41) is 3.35. The van der Waals surface area contributed by atoms with E-state index in [4.69, 9.17) is 4.98 Å². The van der Waals surface area contributed by atoms with Crippen molar-refractivity contribution in [3.05, 3.63) is 72.2 Å². The molecule has 0 saturated carbocycles. The first-order valence-electron chi connectivity index (χ1n) is 10.3. The average Bonchev–Trinajstić information content (AvgIpc) is 3.44. The molecule has 2 aliphatic heterocycles. The van der Waals surface area contributed by atoms with Crippen molar-refractivity contribution in [1.29, 1.82) is 0 Å². The van der Waals surface area contributed by atoms with E-state index < -0.39 is 0 Å². The second kappa shape index (κ2) is 9.38. The van der Waals surface area contributed by atoms with Gasteiger partial charge in [0, 0.05) is 30.9 Å². The van der Waals surface area contributed by atoms with Gasteiger partial charge in [0.25, 0.3) is 0 Å². The number of halogens is 2. The Morgan fingerprint density at radius 2 is 1.77 bits per heavy atom. The van der Waals surface area contributed by atoms with E-state index in [1.54, 1.807) is 0 Å². The summed E-state index contributed by atoms with van der Waals surface area (Å²) in [5.74, 6) is 0.272. The number of likely N-dealkylation sites (tertiary alicyclic amines) is 1. The Kier molecular flexibility index (Phi) is 7.06. The van der Waals surface area contributed by atoms with Crippen LogP contribution in [0.15, 0.2) is 60.9 Å². The Balaban J connectivity index is 0.00000128. The van der Waals surface area contributed by atoms with Crippen molar-refractivity contribution in [2.75, 3.05) is 19.6 Å². The second-order valence-electron chi connectivity index (χ2n) is 8.01. The van der Waals surface area contributed by atoms with Gasteiger partial charge in [0.2, 0.25) is 5.91 Å². The highest BCUT2D eigenvalue weighted by Gasteiger charge is 2.41. The van der Waals surface area contributed by atoms with Crippen molar-refractivity contribution < 1.29 is 4.79 Å². The highest BCUT2D eigenvalue weighted by molar-refractivity contribution is 5.85. The molecule has 5 nitrogen and oxygen atoms in total. The lowest BCUT2D eigenvalue weighted by atomic mass is 9.70. The van der Waals surface area contributed by atoms with Crippen molar-refractivity contribution >= 4 is 36.4 Å². The molecule has 0 unspecified atom stereocenters. The number of nitrogens with zero attached hydrogens (tertiary/aromatic N) is 3. The van der Waals surface area contributed by atoms with Crippen LogP contribution in [0.4, 0.5) is 0 Å². The number of fused-ring (bicyclic) bond motifs is 1. The molecule has 5 rings (SSSR count). The van der Waals surface area contributed by atoms with Crippen molar-refractivity contribution in [3.8, 4) is 0 Å². The molecule has 2 aliphatic rings. The molecule has 0 spiro atoms. The summed E-state index contributed by atoms with van der Waals surface area (Å²) in [6.07, 6.45) is 8.08. The van der Waals surface area contributed by atoms with E-state index in [0.29, 0.717) is 0 Å². The Bertz CT molecular complexity index is 944. The van der Waals surface area contributed by atoms with Crippen LogP contribution in [0.25, 0.3) is 5.65 Å². The van der Waals surface area contributed by atoms with E-state index in [0.717, 1.165) is 56.7 Å². The van der Waals surface area contributed by atoms with Gasteiger partial charge in [-0.2, -0.15) is 0 Å². The molecule has 0 bridgehead atoms. The van der Waals surface area contributed by atoms with E-state index >= 15 is 0 Å². The van der Waals surface area contributed by atoms with Crippen LogP contribution < -0.4 is 5.32 Å². The van der Waals surface area contributed by atoms with Crippen molar-refractivity contribution in [2.45, 2.75) is 37.1 Å². The minimum atomic E-state index is -0.146. The predicted octanol–water partition coefficient (Wildman–Crippen LogP) is 3.84. The van der Waals surface area contributed by atoms with Gasteiger partial charge in [0.15, 0.2) is 0 Å². The summed E-state index contributed by atoms with van der Waals surface area (Å²) in [4.78, 5) is 19.9. The zero-order valence-electron chi connectivity index (χ0n) is 16.9. The van der Waals surface area contributed by atoms with Crippen molar-refractivity contribution in [3.63, 3.8) is 0 Å². The molecule has 2 fully saturated rings. The Morgan fingerprint density at radius 3 is 2.43 bits per heavy atom. The SMILES string of the molecule is Cl.Cl.O=C([C@@H]1CCCN1)N1CCC(c2ccccc2)(c2cn3ccccc3n2)CC1. The number of carbonyl (C=O) groups excluding carboxylic acids is 1. The standard InChI is InChI=1S/C23H26N4O.2ClH/c28-22(19-9-6-13-24-19)26-15-11-23(12-16-26,18-7-2-1-3-8-18)20-17-27-14-5-4-10-21(27)25-20;;/h1-5,7-8,10,14,17,19,24H,6,9,11-13,15-16H2;2*1H/t19-;;/m0../s1. The van der Waals surface area contributed by atoms with Gasteiger partial charge in [-0.3, -0.25) is 4.79 Å². The van der Waals surface area contributed by atoms with Crippen molar-refractivity contribution in [2.24, 2.45) is 0 Å². The summed E-state index contributed by atoms with van der Waals surface area (Å²) in [5.41, 5.74) is 3.23. The number of carbonyl (C=O) groups is 1. The second-order valence-corrected chi connectivity index (χ2v) is 8.01. The van der Waals surface area contributed by atoms with Crippen LogP contribution in [0, 0.1) is 0 Å². The molecule has 1 aromatic carbocycles. The van der Waals surface area contributed by atoms with Crippen LogP contribution in [0.1, 0.15) is 36.9 Å². The number of hydrogen-bond acceptors (Lipinski definition) is 3. The summed E-state index contributed by atoms with van der Waals surface area (Å²) in [6.45, 7) is 2.51. The Hall–Kier alpha value is -2.08. The fourth-order valence-electron chi connectivity index (χ4n) is 4.84. The minimum absolute atomic E-state index is 0. The molecule has 1 amide bonds. The molecule has 30 heavy (non-hydrogen) atoms. The fraction of sp³-hybridized carbons (Fsp3) is 0.391. The molecule has 7 heteroatoms. The number of amides is 1. The quantitative estimate of drug-likeness (QED) is 0.664. The number of pyridine rings is 1. The lowest BCUT2D eigenvalue weighted by molar-refractivity contribution is -0.134. The van der Waals surface area contributed by atoms with Gasteiger partial charge in [-0.1, -0.05) is 36.4 Å². The number of hydrogen-bond donors (Lipinski definition) is 1. The first-order chi connectivity index (χ1) is 13.8. The molecule has 3 aromatic rings. The average molecular weight is 447 g/mol. The maximum Gasteiger partial charge on any atom is 0.239 e. The molecule has 4 heterocycles. The van der Waals surface area contributed by atoms with Crippen LogP contribution in [-0.4, -0.2) is 45.9 Å². The lowest BCUT2D eigenvalue weighted by Gasteiger charge is -2.42. The molecule has 1 N–H and O–H groups in total. The number of nitrogens with one attached hydrogen (secondary N) is 1. The maximum absolute atomic E-state index is 12.9. The normalized spacial score (nSPS) is 20.4. The number of benzene rings is 1. The lowest BCUT2D eigenvalue weighted by Crippen LogP contribution is -2.50. The third kappa shape index (κ3) is 3.94. The zero-order chi connectivity index (χ0) is 19.0. The van der Waals surface area contributed by atoms with Gasteiger partial charge < -0.3 is 14.6 Å². The summed E-state index contributed by atoms with van der Waals surface area (Å²) in [6, 6.07) is 16.8. The molecule has 2 saturated heterocycles. The van der Waals surface area contributed by atoms with Gasteiger partial charge in [0.1, 0.15) is 5.65 Å². The summed E-state index contributed by atoms with van der Waals surface area (Å²) >= 11 is 0. The molecule has 2 aromatic heterocycles. The van der Waals surface area contributed by atoms with E-state index in [1.807, 2.05) is 18.2 Å². The first kappa shape index (κ1) is 22.6. The van der Waals surface area contributed by atoms with Crippen LogP contribution in [0.3, 0.4) is 0 Å². The zero-order valence-corrected chi connectivity index (χ0v) is 18.5. The van der Waals surface area contributed by atoms with E-state index in [2.05, 4.69) is 57.3 Å². The Morgan fingerprint density at radius 1 is 1.03 bits per heavy atom. The third-order valence-electron chi connectivity index (χ3n) is 6.47. The highest BCUT2D eigenvalue weighted by Crippen LogP contribution is 2.41. The third-order valence-corrected chi connectivity index (χ3v) is 6.47. The van der Waals surface area contributed by atoms with Crippen LogP contribution in [-0.2, 0) is 10.2 Å². The largest absolute Gasteiger partial charge is 0.341 e. The smallest absolute Gasteiger partial charge is 0.239 e. The number of imidazole rings is 1. The van der Waals surface area contributed by atoms with Gasteiger partial charge >= 0.3 is 0 Å². The Labute approximate surface area is 189 Å². The van der Waals surface area contributed by atoms with Gasteiger partial charge in [-0.05, 0) is 49.9 Å². The predicted molar refractivity (Wildman–Crippen MR) is 124 cm³/mol. The number of aromatic nitrogens is 2. The maximum atomic E-state index is 12.9. The van der Waals surface area contributed by atoms with E-state index in [1.165, 1.54) is 5.56 Å². The van der Waals surface area contributed by atoms with Crippen LogP contribution >= 0.6 is 24.8 Å². The molecule has 1 atom stereocenters. The van der Waals surface area contributed by atoms with Gasteiger partial charge in [-0.25, -0.2) is 4.98 Å². The molecular formula is C23H28Cl2N4O. The molecular weight excluding hydrogens is 419 g/mol. The van der Waals surface area contributed by atoms with Crippen molar-refractivity contribution in [1.82, 2.24) is 19.6 Å². The number of piperidine rings is 1. The highest BCUT2D eigenvalue weighted by atomic mass is 35.5. The minimum Gasteiger partial charge on any atom is -0.341 e. The molecule has 0 aliphatic carbocycles. The van der Waals surface area contributed by atoms with Crippen LogP contribution in [0.2, 0.25) is 0 Å². The number of rotatable bonds is 3. The van der Waals surface area contributed by atoms with E-state index in [9.17, 15) is 4.79 Å². The summed E-state index contributed by atoms with van der Waals surface area (Å²) in [7, 11) is 0. The molecule has 0 radical (unpaired) electrons. The van der Waals surface area contributed by atoms with Crippen LogP contribution in [0.5, 0.6) is 0 Å².